The van der Waals surface area contributed by atoms with E-state index < -0.39 is 16.0 Å². The van der Waals surface area contributed by atoms with Crippen molar-refractivity contribution < 1.29 is 17.9 Å². The Labute approximate surface area is 111 Å². The number of likely N-dealkylation sites (N-methyl/N-ethyl adjacent to an activating group) is 1. The molecule has 0 saturated carbocycles. The average Bonchev–Trinajstić information content (AvgIpc) is 2.65. The number of esters is 1. The number of sulfonamides is 1. The first-order valence-electron chi connectivity index (χ1n) is 5.47. The summed E-state index contributed by atoms with van der Waals surface area (Å²) in [6, 6.07) is 1.63. The van der Waals surface area contributed by atoms with Crippen LogP contribution in [0.1, 0.15) is 16.7 Å². The van der Waals surface area contributed by atoms with Gasteiger partial charge in [0, 0.05) is 16.3 Å². The number of thiophene rings is 1. The zero-order valence-corrected chi connectivity index (χ0v) is 12.5. The van der Waals surface area contributed by atoms with Gasteiger partial charge in [-0.15, -0.1) is 11.3 Å². The molecule has 1 heterocycles. The van der Waals surface area contributed by atoms with E-state index in [-0.39, 0.29) is 18.0 Å². The summed E-state index contributed by atoms with van der Waals surface area (Å²) in [6.45, 7) is 5.27. The second-order valence-corrected chi connectivity index (χ2v) is 7.15. The van der Waals surface area contributed by atoms with E-state index >= 15 is 0 Å². The summed E-state index contributed by atoms with van der Waals surface area (Å²) < 4.78 is 30.4. The van der Waals surface area contributed by atoms with Gasteiger partial charge in [0.25, 0.3) is 0 Å². The van der Waals surface area contributed by atoms with Crippen LogP contribution in [0.5, 0.6) is 0 Å². The quantitative estimate of drug-likeness (QED) is 0.772. The Morgan fingerprint density at radius 2 is 2.06 bits per heavy atom. The summed E-state index contributed by atoms with van der Waals surface area (Å²) in [5, 5.41) is 0. The Morgan fingerprint density at radius 1 is 1.44 bits per heavy atom. The standard InChI is InChI=1S/C11H17NO4S2/c1-5-12(7-11(13)16-4)18(14,15)10-6-8(2)17-9(10)3/h6H,5,7H2,1-4H3. The van der Waals surface area contributed by atoms with Crippen molar-refractivity contribution >= 4 is 27.3 Å². The van der Waals surface area contributed by atoms with Gasteiger partial charge >= 0.3 is 5.97 Å². The molecule has 0 N–H and O–H groups in total. The summed E-state index contributed by atoms with van der Waals surface area (Å²) in [5.41, 5.74) is 0. The predicted octanol–water partition coefficient (Wildman–Crippen LogP) is 1.55. The van der Waals surface area contributed by atoms with Gasteiger partial charge in [-0.25, -0.2) is 8.42 Å². The van der Waals surface area contributed by atoms with Crippen molar-refractivity contribution in [2.45, 2.75) is 25.7 Å². The minimum atomic E-state index is -3.62. The second kappa shape index (κ2) is 5.81. The topological polar surface area (TPSA) is 63.7 Å². The van der Waals surface area contributed by atoms with Gasteiger partial charge < -0.3 is 4.74 Å². The summed E-state index contributed by atoms with van der Waals surface area (Å²) >= 11 is 1.43. The summed E-state index contributed by atoms with van der Waals surface area (Å²) in [6.07, 6.45) is 0. The lowest BCUT2D eigenvalue weighted by Gasteiger charge is -2.18. The van der Waals surface area contributed by atoms with Crippen LogP contribution >= 0.6 is 11.3 Å². The van der Waals surface area contributed by atoms with Crippen molar-refractivity contribution in [3.05, 3.63) is 15.8 Å². The minimum Gasteiger partial charge on any atom is -0.468 e. The van der Waals surface area contributed by atoms with Gasteiger partial charge in [-0.3, -0.25) is 4.79 Å². The van der Waals surface area contributed by atoms with Crippen LogP contribution in [0.25, 0.3) is 0 Å². The van der Waals surface area contributed by atoms with Gasteiger partial charge in [0.1, 0.15) is 6.54 Å². The molecule has 0 aromatic carbocycles. The zero-order valence-electron chi connectivity index (χ0n) is 10.9. The molecule has 102 valence electrons. The molecule has 0 radical (unpaired) electrons. The van der Waals surface area contributed by atoms with E-state index in [0.29, 0.717) is 0 Å². The molecule has 5 nitrogen and oxygen atoms in total. The molecule has 1 rings (SSSR count). The van der Waals surface area contributed by atoms with E-state index in [0.717, 1.165) is 14.1 Å². The highest BCUT2D eigenvalue weighted by atomic mass is 32.2. The third-order valence-electron chi connectivity index (χ3n) is 2.50. The maximum atomic E-state index is 12.4. The van der Waals surface area contributed by atoms with Crippen molar-refractivity contribution in [1.29, 1.82) is 0 Å². The molecule has 1 aromatic rings. The number of rotatable bonds is 5. The van der Waals surface area contributed by atoms with Gasteiger partial charge in [0.2, 0.25) is 10.0 Å². The molecule has 0 spiro atoms. The summed E-state index contributed by atoms with van der Waals surface area (Å²) in [7, 11) is -2.38. The Morgan fingerprint density at radius 3 is 2.44 bits per heavy atom. The number of hydrogen-bond donors (Lipinski definition) is 0. The first-order chi connectivity index (χ1) is 8.32. The van der Waals surface area contributed by atoms with Gasteiger partial charge in [0.15, 0.2) is 0 Å². The maximum Gasteiger partial charge on any atom is 0.321 e. The molecular formula is C11H17NO4S2. The van der Waals surface area contributed by atoms with E-state index in [1.807, 2.05) is 6.92 Å². The van der Waals surface area contributed by atoms with E-state index in [9.17, 15) is 13.2 Å². The van der Waals surface area contributed by atoms with Crippen LogP contribution in [0.3, 0.4) is 0 Å². The second-order valence-electron chi connectivity index (χ2n) is 3.78. The van der Waals surface area contributed by atoms with E-state index in [1.54, 1.807) is 19.9 Å². The number of hydrogen-bond acceptors (Lipinski definition) is 5. The third-order valence-corrected chi connectivity index (χ3v) is 5.64. The number of methoxy groups -OCH3 is 1. The highest BCUT2D eigenvalue weighted by Gasteiger charge is 2.28. The molecule has 0 aliphatic heterocycles. The lowest BCUT2D eigenvalue weighted by atomic mass is 10.4. The number of carbonyl (C=O) groups is 1. The molecule has 0 saturated heterocycles. The molecule has 0 fully saturated rings. The van der Waals surface area contributed by atoms with Crippen LogP contribution < -0.4 is 0 Å². The Hall–Kier alpha value is -0.920. The third kappa shape index (κ3) is 3.09. The van der Waals surface area contributed by atoms with Crippen LogP contribution in [0.15, 0.2) is 11.0 Å². The van der Waals surface area contributed by atoms with Crippen LogP contribution in [-0.2, 0) is 19.6 Å². The van der Waals surface area contributed by atoms with Crippen LogP contribution in [0.4, 0.5) is 0 Å². The van der Waals surface area contributed by atoms with Crippen molar-refractivity contribution in [3.63, 3.8) is 0 Å². The fourth-order valence-electron chi connectivity index (χ4n) is 1.58. The zero-order chi connectivity index (χ0) is 13.9. The normalized spacial score (nSPS) is 11.8. The Kier molecular flexibility index (Phi) is 4.89. The van der Waals surface area contributed by atoms with Crippen LogP contribution in [0, 0.1) is 13.8 Å². The van der Waals surface area contributed by atoms with Crippen molar-refractivity contribution in [1.82, 2.24) is 4.31 Å². The van der Waals surface area contributed by atoms with Crippen molar-refractivity contribution in [2.24, 2.45) is 0 Å². The van der Waals surface area contributed by atoms with Gasteiger partial charge in [-0.2, -0.15) is 4.31 Å². The number of carbonyl (C=O) groups excluding carboxylic acids is 1. The fourth-order valence-corrected chi connectivity index (χ4v) is 4.50. The summed E-state index contributed by atoms with van der Waals surface area (Å²) in [5.74, 6) is -0.565. The SMILES string of the molecule is CCN(CC(=O)OC)S(=O)(=O)c1cc(C)sc1C. The molecule has 7 heteroatoms. The van der Waals surface area contributed by atoms with Crippen LogP contribution in [0.2, 0.25) is 0 Å². The highest BCUT2D eigenvalue weighted by molar-refractivity contribution is 7.89. The fraction of sp³-hybridized carbons (Fsp3) is 0.545. The first-order valence-corrected chi connectivity index (χ1v) is 7.72. The van der Waals surface area contributed by atoms with Crippen molar-refractivity contribution in [2.75, 3.05) is 20.2 Å². The highest BCUT2D eigenvalue weighted by Crippen LogP contribution is 2.27. The van der Waals surface area contributed by atoms with Gasteiger partial charge in [-0.05, 0) is 19.9 Å². The van der Waals surface area contributed by atoms with Gasteiger partial charge in [-0.1, -0.05) is 6.92 Å². The average molecular weight is 291 g/mol. The Bertz CT molecular complexity index is 533. The molecular weight excluding hydrogens is 274 g/mol. The molecule has 0 amide bonds. The molecule has 1 aromatic heterocycles. The number of aryl methyl sites for hydroxylation is 2. The molecule has 0 aliphatic rings. The Balaban J connectivity index is 3.11. The number of ether oxygens (including phenoxy) is 1. The molecule has 0 bridgehead atoms. The predicted molar refractivity (Wildman–Crippen MR) is 70.2 cm³/mol. The smallest absolute Gasteiger partial charge is 0.321 e. The molecule has 0 unspecified atom stereocenters. The lowest BCUT2D eigenvalue weighted by molar-refractivity contribution is -0.140. The summed E-state index contributed by atoms with van der Waals surface area (Å²) in [4.78, 5) is 13.2. The monoisotopic (exact) mass is 291 g/mol. The molecule has 18 heavy (non-hydrogen) atoms. The maximum absolute atomic E-state index is 12.4. The van der Waals surface area contributed by atoms with Crippen molar-refractivity contribution in [3.8, 4) is 0 Å². The van der Waals surface area contributed by atoms with E-state index in [4.69, 9.17) is 0 Å². The molecule has 0 aliphatic carbocycles. The lowest BCUT2D eigenvalue weighted by Crippen LogP contribution is -2.36. The number of nitrogens with zero attached hydrogens (tertiary/aromatic N) is 1. The molecule has 0 atom stereocenters. The minimum absolute atomic E-state index is 0.228. The van der Waals surface area contributed by atoms with Crippen LogP contribution in [-0.4, -0.2) is 38.9 Å². The largest absolute Gasteiger partial charge is 0.468 e. The first kappa shape index (κ1) is 15.1. The van der Waals surface area contributed by atoms with Gasteiger partial charge in [0.05, 0.1) is 12.0 Å². The van der Waals surface area contributed by atoms with E-state index in [1.165, 1.54) is 18.4 Å². The van der Waals surface area contributed by atoms with E-state index in [2.05, 4.69) is 4.74 Å².